The lowest BCUT2D eigenvalue weighted by molar-refractivity contribution is 0.0941. The molecule has 2 aromatic carbocycles. The number of nitrogens with zero attached hydrogens (tertiary/aromatic N) is 1. The van der Waals surface area contributed by atoms with Gasteiger partial charge in [0.2, 0.25) is 5.91 Å². The normalized spacial score (nSPS) is 10.7. The summed E-state index contributed by atoms with van der Waals surface area (Å²) in [4.78, 5) is 24.2. The van der Waals surface area contributed by atoms with Crippen molar-refractivity contribution in [2.75, 3.05) is 5.32 Å². The summed E-state index contributed by atoms with van der Waals surface area (Å²) < 4.78 is 14.6. The number of hydrogen-bond donors (Lipinski definition) is 1. The first-order valence-corrected chi connectivity index (χ1v) is 7.22. The molecule has 1 N–H and O–H groups in total. The number of benzene rings is 2. The van der Waals surface area contributed by atoms with Crippen molar-refractivity contribution in [2.45, 2.75) is 6.92 Å². The van der Waals surface area contributed by atoms with Crippen LogP contribution in [0.15, 0.2) is 48.7 Å². The van der Waals surface area contributed by atoms with Crippen LogP contribution in [0.2, 0.25) is 5.02 Å². The Balaban J connectivity index is 2.01. The van der Waals surface area contributed by atoms with Gasteiger partial charge in [0.05, 0.1) is 16.1 Å². The van der Waals surface area contributed by atoms with Crippen molar-refractivity contribution >= 4 is 40.0 Å². The molecular weight excluding hydrogens is 319 g/mol. The molecule has 23 heavy (non-hydrogen) atoms. The highest BCUT2D eigenvalue weighted by Crippen LogP contribution is 2.24. The molecule has 116 valence electrons. The van der Waals surface area contributed by atoms with E-state index >= 15 is 0 Å². The van der Waals surface area contributed by atoms with E-state index < -0.39 is 11.7 Å². The molecule has 0 aliphatic rings. The second-order valence-electron chi connectivity index (χ2n) is 5.03. The summed E-state index contributed by atoms with van der Waals surface area (Å²) in [6, 6.07) is 11.0. The van der Waals surface area contributed by atoms with Gasteiger partial charge in [-0.2, -0.15) is 0 Å². The fourth-order valence-corrected chi connectivity index (χ4v) is 2.57. The molecule has 0 aliphatic carbocycles. The maximum atomic E-state index is 13.2. The fraction of sp³-hybridized carbons (Fsp3) is 0.0588. The average Bonchev–Trinajstić information content (AvgIpc) is 2.91. The first-order valence-electron chi connectivity index (χ1n) is 6.85. The Bertz CT molecular complexity index is 933. The Morgan fingerprint density at radius 2 is 1.91 bits per heavy atom. The molecule has 0 unspecified atom stereocenters. The first-order chi connectivity index (χ1) is 11.0. The number of carbonyl (C=O) groups is 2. The molecule has 0 spiro atoms. The summed E-state index contributed by atoms with van der Waals surface area (Å²) in [5, 5.41) is 3.24. The van der Waals surface area contributed by atoms with Crippen molar-refractivity contribution in [3.63, 3.8) is 0 Å². The van der Waals surface area contributed by atoms with Crippen molar-refractivity contribution in [1.82, 2.24) is 4.57 Å². The molecule has 0 fully saturated rings. The van der Waals surface area contributed by atoms with Crippen LogP contribution in [0.5, 0.6) is 0 Å². The van der Waals surface area contributed by atoms with E-state index in [9.17, 15) is 14.0 Å². The molecule has 1 aromatic heterocycles. The van der Waals surface area contributed by atoms with Crippen molar-refractivity contribution in [3.05, 3.63) is 65.1 Å². The van der Waals surface area contributed by atoms with Gasteiger partial charge in [-0.15, -0.1) is 0 Å². The predicted octanol–water partition coefficient (Wildman–Crippen LogP) is 4.35. The maximum absolute atomic E-state index is 13.2. The van der Waals surface area contributed by atoms with E-state index in [0.29, 0.717) is 22.2 Å². The summed E-state index contributed by atoms with van der Waals surface area (Å²) >= 11 is 5.71. The van der Waals surface area contributed by atoms with E-state index in [-0.39, 0.29) is 10.9 Å². The minimum atomic E-state index is -0.558. The zero-order valence-electron chi connectivity index (χ0n) is 12.1. The lowest BCUT2D eigenvalue weighted by atomic mass is 10.1. The minimum Gasteiger partial charge on any atom is -0.322 e. The first kappa shape index (κ1) is 15.2. The van der Waals surface area contributed by atoms with Gasteiger partial charge in [-0.25, -0.2) is 4.39 Å². The Kier molecular flexibility index (Phi) is 3.88. The SMILES string of the molecule is CC(=O)n1cc(C(=O)Nc2ccc(F)c(Cl)c2)c2ccccc21. The van der Waals surface area contributed by atoms with Gasteiger partial charge in [-0.1, -0.05) is 29.8 Å². The molecular formula is C17H12ClFN2O2. The number of rotatable bonds is 2. The topological polar surface area (TPSA) is 51.1 Å². The number of fused-ring (bicyclic) bond motifs is 1. The molecule has 0 saturated carbocycles. The number of hydrogen-bond acceptors (Lipinski definition) is 2. The van der Waals surface area contributed by atoms with Gasteiger partial charge in [0.15, 0.2) is 0 Å². The third-order valence-electron chi connectivity index (χ3n) is 3.47. The quantitative estimate of drug-likeness (QED) is 0.759. The van der Waals surface area contributed by atoms with Crippen LogP contribution in [0, 0.1) is 5.82 Å². The average molecular weight is 331 g/mol. The Morgan fingerprint density at radius 1 is 1.17 bits per heavy atom. The summed E-state index contributed by atoms with van der Waals surface area (Å²) in [5.41, 5.74) is 1.39. The van der Waals surface area contributed by atoms with E-state index in [1.54, 1.807) is 24.3 Å². The van der Waals surface area contributed by atoms with Gasteiger partial charge in [-0.05, 0) is 24.3 Å². The Morgan fingerprint density at radius 3 is 2.61 bits per heavy atom. The number of amides is 1. The van der Waals surface area contributed by atoms with E-state index in [0.717, 1.165) is 0 Å². The van der Waals surface area contributed by atoms with Crippen molar-refractivity contribution in [2.24, 2.45) is 0 Å². The molecule has 0 aliphatic heterocycles. The van der Waals surface area contributed by atoms with Crippen molar-refractivity contribution in [1.29, 1.82) is 0 Å². The van der Waals surface area contributed by atoms with Gasteiger partial charge < -0.3 is 5.32 Å². The standard InChI is InChI=1S/C17H12ClFN2O2/c1-10(22)21-9-13(12-4-2-3-5-16(12)21)17(23)20-11-6-7-15(19)14(18)8-11/h2-9H,1H3,(H,20,23). The third kappa shape index (κ3) is 2.83. The highest BCUT2D eigenvalue weighted by Gasteiger charge is 2.17. The molecule has 4 nitrogen and oxygen atoms in total. The summed E-state index contributed by atoms with van der Waals surface area (Å²) in [6.07, 6.45) is 1.49. The molecule has 6 heteroatoms. The fourth-order valence-electron chi connectivity index (χ4n) is 2.39. The lowest BCUT2D eigenvalue weighted by Gasteiger charge is -2.05. The summed E-state index contributed by atoms with van der Waals surface area (Å²) in [6.45, 7) is 1.42. The number of anilines is 1. The number of aromatic nitrogens is 1. The van der Waals surface area contributed by atoms with Crippen LogP contribution in [0.1, 0.15) is 22.1 Å². The molecule has 1 amide bonds. The van der Waals surface area contributed by atoms with Crippen LogP contribution in [-0.2, 0) is 0 Å². The van der Waals surface area contributed by atoms with Crippen molar-refractivity contribution < 1.29 is 14.0 Å². The van der Waals surface area contributed by atoms with E-state index in [1.807, 2.05) is 0 Å². The second kappa shape index (κ2) is 5.85. The highest BCUT2D eigenvalue weighted by atomic mass is 35.5. The van der Waals surface area contributed by atoms with Gasteiger partial charge >= 0.3 is 0 Å². The van der Waals surface area contributed by atoms with Gasteiger partial charge in [0, 0.05) is 24.2 Å². The molecule has 0 bridgehead atoms. The van der Waals surface area contributed by atoms with Crippen molar-refractivity contribution in [3.8, 4) is 0 Å². The number of halogens is 2. The lowest BCUT2D eigenvalue weighted by Crippen LogP contribution is -2.12. The van der Waals surface area contributed by atoms with Gasteiger partial charge in [-0.3, -0.25) is 14.2 Å². The molecule has 0 atom stereocenters. The minimum absolute atomic E-state index is 0.0750. The van der Waals surface area contributed by atoms with Gasteiger partial charge in [0.25, 0.3) is 5.91 Å². The largest absolute Gasteiger partial charge is 0.322 e. The summed E-state index contributed by atoms with van der Waals surface area (Å²) in [5.74, 6) is -1.15. The van der Waals surface area contributed by atoms with Crippen LogP contribution in [-0.4, -0.2) is 16.4 Å². The maximum Gasteiger partial charge on any atom is 0.257 e. The predicted molar refractivity (Wildman–Crippen MR) is 87.6 cm³/mol. The molecule has 3 rings (SSSR count). The smallest absolute Gasteiger partial charge is 0.257 e. The van der Waals surface area contributed by atoms with E-state index in [1.165, 1.54) is 35.9 Å². The zero-order valence-corrected chi connectivity index (χ0v) is 12.9. The van der Waals surface area contributed by atoms with Gasteiger partial charge in [0.1, 0.15) is 5.82 Å². The highest BCUT2D eigenvalue weighted by molar-refractivity contribution is 6.31. The number of para-hydroxylation sites is 1. The monoisotopic (exact) mass is 330 g/mol. The van der Waals surface area contributed by atoms with Crippen LogP contribution < -0.4 is 5.32 Å². The number of nitrogens with one attached hydrogen (secondary N) is 1. The number of carbonyl (C=O) groups excluding carboxylic acids is 2. The van der Waals surface area contributed by atoms with E-state index in [4.69, 9.17) is 11.6 Å². The van der Waals surface area contributed by atoms with E-state index in [2.05, 4.69) is 5.32 Å². The third-order valence-corrected chi connectivity index (χ3v) is 3.76. The summed E-state index contributed by atoms with van der Waals surface area (Å²) in [7, 11) is 0. The van der Waals surface area contributed by atoms with Crippen LogP contribution in [0.4, 0.5) is 10.1 Å². The zero-order chi connectivity index (χ0) is 16.6. The molecule has 0 radical (unpaired) electrons. The Hall–Kier alpha value is -2.66. The Labute approximate surface area is 136 Å². The van der Waals surface area contributed by atoms with Crippen LogP contribution in [0.25, 0.3) is 10.9 Å². The van der Waals surface area contributed by atoms with Crippen LogP contribution >= 0.6 is 11.6 Å². The molecule has 3 aromatic rings. The second-order valence-corrected chi connectivity index (χ2v) is 5.44. The molecule has 1 heterocycles. The van der Waals surface area contributed by atoms with Crippen LogP contribution in [0.3, 0.4) is 0 Å². The molecule has 0 saturated heterocycles.